The Balaban J connectivity index is 1.04. The van der Waals surface area contributed by atoms with Crippen molar-refractivity contribution in [2.24, 2.45) is 5.92 Å². The van der Waals surface area contributed by atoms with Crippen LogP contribution in [-0.4, -0.2) is 29.5 Å². The van der Waals surface area contributed by atoms with Crippen LogP contribution in [0.25, 0.3) is 10.8 Å². The van der Waals surface area contributed by atoms with Crippen LogP contribution in [0.1, 0.15) is 59.5 Å². The Hall–Kier alpha value is -2.44. The van der Waals surface area contributed by atoms with Gasteiger partial charge in [-0.2, -0.15) is 0 Å². The molecule has 5 nitrogen and oxygen atoms in total. The first kappa shape index (κ1) is 21.4. The first-order valence-corrected chi connectivity index (χ1v) is 12.7. The fourth-order valence-corrected chi connectivity index (χ4v) is 6.21. The minimum absolute atomic E-state index is 0.0567. The lowest BCUT2D eigenvalue weighted by atomic mass is 9.84. The molecule has 0 saturated heterocycles. The molecular weight excluding hydrogens is 416 g/mol. The second-order valence-corrected chi connectivity index (χ2v) is 10.5. The lowest BCUT2D eigenvalue weighted by Gasteiger charge is -2.30. The molecule has 0 radical (unpaired) electrons. The largest absolute Gasteiger partial charge is 0.375 e. The van der Waals surface area contributed by atoms with E-state index in [1.807, 2.05) is 30.3 Å². The number of anilines is 1. The number of aromatic nitrogens is 1. The van der Waals surface area contributed by atoms with E-state index in [4.69, 9.17) is 5.73 Å². The van der Waals surface area contributed by atoms with Gasteiger partial charge in [0.2, 0.25) is 0 Å². The summed E-state index contributed by atoms with van der Waals surface area (Å²) in [5.74, 6) is 0.816. The maximum Gasteiger partial charge on any atom is 0.251 e. The quantitative estimate of drug-likeness (QED) is 0.510. The van der Waals surface area contributed by atoms with Gasteiger partial charge in [-0.15, -0.1) is 11.3 Å². The Morgan fingerprint density at radius 2 is 1.84 bits per heavy atom. The Bertz CT molecular complexity index is 1090. The number of thiazole rings is 1. The van der Waals surface area contributed by atoms with Crippen molar-refractivity contribution in [3.8, 4) is 0 Å². The molecule has 0 bridgehead atoms. The number of benzene rings is 2. The minimum atomic E-state index is 0.0567. The van der Waals surface area contributed by atoms with Crippen molar-refractivity contribution in [3.63, 3.8) is 0 Å². The van der Waals surface area contributed by atoms with Crippen molar-refractivity contribution in [1.82, 2.24) is 15.6 Å². The summed E-state index contributed by atoms with van der Waals surface area (Å²) in [5.41, 5.74) is 7.83. The molecule has 1 aromatic heterocycles. The van der Waals surface area contributed by atoms with Crippen LogP contribution in [0.5, 0.6) is 0 Å². The maximum absolute atomic E-state index is 12.7. The molecule has 1 saturated carbocycles. The number of hydrogen-bond acceptors (Lipinski definition) is 5. The maximum atomic E-state index is 12.7. The summed E-state index contributed by atoms with van der Waals surface area (Å²) in [5, 5.41) is 10.0. The third-order valence-electron chi connectivity index (χ3n) is 7.14. The predicted molar refractivity (Wildman–Crippen MR) is 132 cm³/mol. The highest BCUT2D eigenvalue weighted by molar-refractivity contribution is 7.15. The van der Waals surface area contributed by atoms with Crippen LogP contribution in [0.4, 0.5) is 5.13 Å². The van der Waals surface area contributed by atoms with Gasteiger partial charge in [-0.3, -0.25) is 4.79 Å². The van der Waals surface area contributed by atoms with Crippen LogP contribution < -0.4 is 16.4 Å². The number of hydrogen-bond donors (Lipinski definition) is 3. The van der Waals surface area contributed by atoms with Gasteiger partial charge in [0.25, 0.3) is 5.91 Å². The molecule has 168 valence electrons. The van der Waals surface area contributed by atoms with Gasteiger partial charge in [-0.05, 0) is 86.7 Å². The van der Waals surface area contributed by atoms with E-state index in [1.54, 1.807) is 11.3 Å². The fraction of sp³-hybridized carbons (Fsp3) is 0.462. The van der Waals surface area contributed by atoms with Crippen LogP contribution in [0, 0.1) is 5.92 Å². The van der Waals surface area contributed by atoms with E-state index in [-0.39, 0.29) is 5.91 Å². The van der Waals surface area contributed by atoms with Gasteiger partial charge in [0, 0.05) is 22.5 Å². The highest BCUT2D eigenvalue weighted by Gasteiger charge is 2.24. The molecule has 32 heavy (non-hydrogen) atoms. The van der Waals surface area contributed by atoms with Crippen LogP contribution in [0.3, 0.4) is 0 Å². The third-order valence-corrected chi connectivity index (χ3v) is 8.08. The van der Waals surface area contributed by atoms with Crippen molar-refractivity contribution in [2.45, 2.75) is 63.5 Å². The Labute approximate surface area is 193 Å². The van der Waals surface area contributed by atoms with E-state index in [9.17, 15) is 4.79 Å². The van der Waals surface area contributed by atoms with E-state index < -0.39 is 0 Å². The van der Waals surface area contributed by atoms with Gasteiger partial charge in [-0.1, -0.05) is 30.3 Å². The Kier molecular flexibility index (Phi) is 6.42. The molecule has 3 aromatic rings. The number of carbonyl (C=O) groups is 1. The molecule has 6 heteroatoms. The third kappa shape index (κ3) is 4.97. The molecule has 2 aliphatic rings. The van der Waals surface area contributed by atoms with Gasteiger partial charge in [-0.25, -0.2) is 4.98 Å². The second kappa shape index (κ2) is 9.59. The zero-order chi connectivity index (χ0) is 21.9. The van der Waals surface area contributed by atoms with Crippen molar-refractivity contribution >= 4 is 33.1 Å². The van der Waals surface area contributed by atoms with E-state index in [2.05, 4.69) is 27.8 Å². The minimum Gasteiger partial charge on any atom is -0.375 e. The molecule has 0 spiro atoms. The molecule has 5 rings (SSSR count). The molecule has 0 aliphatic heterocycles. The van der Waals surface area contributed by atoms with E-state index in [0.717, 1.165) is 55.5 Å². The van der Waals surface area contributed by atoms with Crippen molar-refractivity contribution in [1.29, 1.82) is 0 Å². The smallest absolute Gasteiger partial charge is 0.251 e. The molecule has 1 atom stereocenters. The van der Waals surface area contributed by atoms with Crippen molar-refractivity contribution in [3.05, 3.63) is 58.6 Å². The predicted octanol–water partition coefficient (Wildman–Crippen LogP) is 4.70. The fourth-order valence-electron chi connectivity index (χ4n) is 5.26. The summed E-state index contributed by atoms with van der Waals surface area (Å²) in [6, 6.07) is 15.0. The molecular formula is C26H32N4OS. The molecule has 4 N–H and O–H groups in total. The summed E-state index contributed by atoms with van der Waals surface area (Å²) in [4.78, 5) is 18.5. The Morgan fingerprint density at radius 1 is 1.03 bits per heavy atom. The molecule has 1 heterocycles. The van der Waals surface area contributed by atoms with Crippen LogP contribution >= 0.6 is 11.3 Å². The van der Waals surface area contributed by atoms with Crippen LogP contribution in [-0.2, 0) is 12.8 Å². The van der Waals surface area contributed by atoms with Crippen LogP contribution in [0.2, 0.25) is 0 Å². The van der Waals surface area contributed by atoms with Gasteiger partial charge >= 0.3 is 0 Å². The summed E-state index contributed by atoms with van der Waals surface area (Å²) in [6.07, 6.45) is 9.05. The number of nitrogens with zero attached hydrogens (tertiary/aromatic N) is 1. The number of fused-ring (bicyclic) bond motifs is 2. The SMILES string of the molecule is Nc1nc2c(s1)CC(NCCC1CCC(NC(=O)c3ccc4ccccc4c3)CC1)CC2. The van der Waals surface area contributed by atoms with Gasteiger partial charge in [0.05, 0.1) is 5.69 Å². The number of aryl methyl sites for hydroxylation is 1. The number of amides is 1. The normalized spacial score (nSPS) is 23.1. The summed E-state index contributed by atoms with van der Waals surface area (Å²) >= 11 is 1.65. The zero-order valence-corrected chi connectivity index (χ0v) is 19.3. The average Bonchev–Trinajstić information content (AvgIpc) is 3.19. The summed E-state index contributed by atoms with van der Waals surface area (Å²) in [6.45, 7) is 1.08. The Morgan fingerprint density at radius 3 is 2.69 bits per heavy atom. The molecule has 1 amide bonds. The summed E-state index contributed by atoms with van der Waals surface area (Å²) in [7, 11) is 0. The van der Waals surface area contributed by atoms with E-state index in [1.165, 1.54) is 35.2 Å². The monoisotopic (exact) mass is 448 g/mol. The lowest BCUT2D eigenvalue weighted by Crippen LogP contribution is -2.39. The van der Waals surface area contributed by atoms with Gasteiger partial charge < -0.3 is 16.4 Å². The zero-order valence-electron chi connectivity index (χ0n) is 18.5. The molecule has 1 fully saturated rings. The number of nitrogen functional groups attached to an aromatic ring is 1. The number of rotatable bonds is 6. The standard InChI is InChI=1S/C26H32N4OS/c27-26-30-23-12-11-22(16-24(23)32-26)28-14-13-17-5-9-21(10-6-17)29-25(31)20-8-7-18-3-1-2-4-19(18)15-20/h1-4,7-8,15,17,21-22,28H,5-6,9-14,16H2,(H2,27,30)(H,29,31). The molecule has 2 aliphatic carbocycles. The van der Waals surface area contributed by atoms with Crippen molar-refractivity contribution in [2.75, 3.05) is 12.3 Å². The van der Waals surface area contributed by atoms with E-state index in [0.29, 0.717) is 17.2 Å². The topological polar surface area (TPSA) is 80.0 Å². The molecule has 1 unspecified atom stereocenters. The number of carbonyl (C=O) groups excluding carboxylic acids is 1. The average molecular weight is 449 g/mol. The van der Waals surface area contributed by atoms with Crippen molar-refractivity contribution < 1.29 is 4.79 Å². The first-order valence-electron chi connectivity index (χ1n) is 11.9. The number of nitrogens with two attached hydrogens (primary N) is 1. The summed E-state index contributed by atoms with van der Waals surface area (Å²) < 4.78 is 0. The highest BCUT2D eigenvalue weighted by Crippen LogP contribution is 2.29. The van der Waals surface area contributed by atoms with E-state index >= 15 is 0 Å². The van der Waals surface area contributed by atoms with Gasteiger partial charge in [0.15, 0.2) is 5.13 Å². The lowest BCUT2D eigenvalue weighted by molar-refractivity contribution is 0.0921. The highest BCUT2D eigenvalue weighted by atomic mass is 32.1. The first-order chi connectivity index (χ1) is 15.6. The second-order valence-electron chi connectivity index (χ2n) is 9.36. The van der Waals surface area contributed by atoms with Crippen LogP contribution in [0.15, 0.2) is 42.5 Å². The molecule has 2 aromatic carbocycles. The van der Waals surface area contributed by atoms with Gasteiger partial charge in [0.1, 0.15) is 0 Å². The number of nitrogens with one attached hydrogen (secondary N) is 2.